The lowest BCUT2D eigenvalue weighted by Gasteiger charge is -2.13. The van der Waals surface area contributed by atoms with Crippen LogP contribution >= 0.6 is 0 Å². The van der Waals surface area contributed by atoms with Crippen molar-refractivity contribution in [2.24, 2.45) is 5.92 Å². The third kappa shape index (κ3) is 4.22. The van der Waals surface area contributed by atoms with E-state index in [4.69, 9.17) is 0 Å². The van der Waals surface area contributed by atoms with Crippen molar-refractivity contribution in [3.8, 4) is 0 Å². The summed E-state index contributed by atoms with van der Waals surface area (Å²) in [4.78, 5) is 11.6. The van der Waals surface area contributed by atoms with Crippen molar-refractivity contribution in [2.45, 2.75) is 46.5 Å². The van der Waals surface area contributed by atoms with Gasteiger partial charge in [-0.2, -0.15) is 0 Å². The number of hydrogen-bond acceptors (Lipinski definition) is 1. The molecule has 0 aliphatic carbocycles. The fourth-order valence-electron chi connectivity index (χ4n) is 1.81. The van der Waals surface area contributed by atoms with Gasteiger partial charge in [-0.05, 0) is 30.0 Å². The van der Waals surface area contributed by atoms with Gasteiger partial charge in [0.05, 0.1) is 0 Å². The second-order valence-electron chi connectivity index (χ2n) is 4.96. The van der Waals surface area contributed by atoms with Crippen LogP contribution in [0.2, 0.25) is 0 Å². The van der Waals surface area contributed by atoms with Gasteiger partial charge in [0.25, 0.3) is 0 Å². The average molecular weight is 233 g/mol. The molecule has 0 aliphatic heterocycles. The van der Waals surface area contributed by atoms with E-state index in [2.05, 4.69) is 31.3 Å². The van der Waals surface area contributed by atoms with Crippen LogP contribution in [0.3, 0.4) is 0 Å². The molecular weight excluding hydrogens is 210 g/mol. The Morgan fingerprint density at radius 3 is 2.59 bits per heavy atom. The Morgan fingerprint density at radius 1 is 1.29 bits per heavy atom. The van der Waals surface area contributed by atoms with Crippen molar-refractivity contribution in [3.63, 3.8) is 0 Å². The molecule has 0 bridgehead atoms. The first-order valence-electron chi connectivity index (χ1n) is 6.45. The van der Waals surface area contributed by atoms with E-state index in [9.17, 15) is 4.79 Å². The summed E-state index contributed by atoms with van der Waals surface area (Å²) in [5, 5.41) is 2.94. The van der Waals surface area contributed by atoms with Gasteiger partial charge in [-0.25, -0.2) is 0 Å². The topological polar surface area (TPSA) is 29.1 Å². The van der Waals surface area contributed by atoms with Crippen LogP contribution in [0, 0.1) is 5.92 Å². The standard InChI is InChI=1S/C15H23NO/c1-5-7-12(4)13-8-6-9-14(10-13)16-15(17)11(2)3/h6,8-12H,5,7H2,1-4H3,(H,16,17). The SMILES string of the molecule is CCCC(C)c1cccc(NC(=O)C(C)C)c1. The number of carbonyl (C=O) groups is 1. The van der Waals surface area contributed by atoms with Crippen molar-refractivity contribution in [1.82, 2.24) is 0 Å². The maximum atomic E-state index is 11.6. The first kappa shape index (κ1) is 13.8. The van der Waals surface area contributed by atoms with Gasteiger partial charge in [0.15, 0.2) is 0 Å². The molecule has 1 amide bonds. The Hall–Kier alpha value is -1.31. The lowest BCUT2D eigenvalue weighted by atomic mass is 9.96. The minimum Gasteiger partial charge on any atom is -0.326 e. The normalized spacial score (nSPS) is 12.5. The summed E-state index contributed by atoms with van der Waals surface area (Å²) in [6.45, 7) is 8.23. The summed E-state index contributed by atoms with van der Waals surface area (Å²) in [5.74, 6) is 0.646. The van der Waals surface area contributed by atoms with Crippen LogP contribution in [0.4, 0.5) is 5.69 Å². The molecule has 2 heteroatoms. The van der Waals surface area contributed by atoms with E-state index in [0.29, 0.717) is 5.92 Å². The Morgan fingerprint density at radius 2 is 2.00 bits per heavy atom. The second-order valence-corrected chi connectivity index (χ2v) is 4.96. The van der Waals surface area contributed by atoms with E-state index in [1.54, 1.807) is 0 Å². The summed E-state index contributed by atoms with van der Waals surface area (Å²) in [6.07, 6.45) is 2.37. The molecule has 0 aromatic heterocycles. The number of hydrogen-bond donors (Lipinski definition) is 1. The Balaban J connectivity index is 2.75. The highest BCUT2D eigenvalue weighted by Gasteiger charge is 2.09. The van der Waals surface area contributed by atoms with Gasteiger partial charge in [0.1, 0.15) is 0 Å². The van der Waals surface area contributed by atoms with Gasteiger partial charge in [-0.1, -0.05) is 46.2 Å². The fraction of sp³-hybridized carbons (Fsp3) is 0.533. The Kier molecular flexibility index (Phi) is 5.20. The number of amides is 1. The highest BCUT2D eigenvalue weighted by molar-refractivity contribution is 5.92. The summed E-state index contributed by atoms with van der Waals surface area (Å²) < 4.78 is 0. The minimum atomic E-state index is 0.0201. The lowest BCUT2D eigenvalue weighted by molar-refractivity contribution is -0.118. The van der Waals surface area contributed by atoms with E-state index in [0.717, 1.165) is 5.69 Å². The number of rotatable bonds is 5. The maximum absolute atomic E-state index is 11.6. The molecule has 0 spiro atoms. The zero-order chi connectivity index (χ0) is 12.8. The zero-order valence-electron chi connectivity index (χ0n) is 11.3. The number of anilines is 1. The van der Waals surface area contributed by atoms with Crippen molar-refractivity contribution in [2.75, 3.05) is 5.32 Å². The number of carbonyl (C=O) groups excluding carboxylic acids is 1. The first-order valence-corrected chi connectivity index (χ1v) is 6.45. The van der Waals surface area contributed by atoms with Crippen LogP contribution in [0.5, 0.6) is 0 Å². The molecule has 17 heavy (non-hydrogen) atoms. The highest BCUT2D eigenvalue weighted by atomic mass is 16.1. The van der Waals surface area contributed by atoms with Crippen molar-refractivity contribution >= 4 is 11.6 Å². The molecule has 1 atom stereocenters. The molecule has 1 aromatic rings. The van der Waals surface area contributed by atoms with Crippen LogP contribution in [0.25, 0.3) is 0 Å². The molecule has 0 saturated heterocycles. The molecule has 1 N–H and O–H groups in total. The Labute approximate surface area is 104 Å². The average Bonchev–Trinajstić information content (AvgIpc) is 2.29. The molecule has 1 unspecified atom stereocenters. The number of benzene rings is 1. The van der Waals surface area contributed by atoms with Crippen LogP contribution in [0.1, 0.15) is 52.0 Å². The fourth-order valence-corrected chi connectivity index (χ4v) is 1.81. The van der Waals surface area contributed by atoms with Gasteiger partial charge >= 0.3 is 0 Å². The quantitative estimate of drug-likeness (QED) is 0.812. The van der Waals surface area contributed by atoms with E-state index >= 15 is 0 Å². The summed E-state index contributed by atoms with van der Waals surface area (Å²) in [6, 6.07) is 8.17. The predicted octanol–water partition coefficient (Wildman–Crippen LogP) is 4.18. The lowest BCUT2D eigenvalue weighted by Crippen LogP contribution is -2.17. The first-order chi connectivity index (χ1) is 8.04. The van der Waals surface area contributed by atoms with Gasteiger partial charge in [-0.15, -0.1) is 0 Å². The molecule has 0 heterocycles. The van der Waals surface area contributed by atoms with Crippen LogP contribution in [-0.4, -0.2) is 5.91 Å². The predicted molar refractivity (Wildman–Crippen MR) is 73.2 cm³/mol. The number of nitrogens with one attached hydrogen (secondary N) is 1. The largest absolute Gasteiger partial charge is 0.326 e. The van der Waals surface area contributed by atoms with E-state index in [-0.39, 0.29) is 11.8 Å². The van der Waals surface area contributed by atoms with E-state index in [1.165, 1.54) is 18.4 Å². The monoisotopic (exact) mass is 233 g/mol. The van der Waals surface area contributed by atoms with Gasteiger partial charge in [0, 0.05) is 11.6 Å². The molecule has 2 nitrogen and oxygen atoms in total. The molecule has 94 valence electrons. The zero-order valence-corrected chi connectivity index (χ0v) is 11.3. The van der Waals surface area contributed by atoms with Crippen LogP contribution in [0.15, 0.2) is 24.3 Å². The molecular formula is C15H23NO. The molecule has 0 fully saturated rings. The molecule has 0 saturated carbocycles. The molecule has 1 rings (SSSR count). The van der Waals surface area contributed by atoms with Gasteiger partial charge in [0.2, 0.25) is 5.91 Å². The summed E-state index contributed by atoms with van der Waals surface area (Å²) in [5.41, 5.74) is 2.21. The van der Waals surface area contributed by atoms with Crippen molar-refractivity contribution in [1.29, 1.82) is 0 Å². The van der Waals surface area contributed by atoms with Crippen LogP contribution in [-0.2, 0) is 4.79 Å². The smallest absolute Gasteiger partial charge is 0.226 e. The van der Waals surface area contributed by atoms with Crippen LogP contribution < -0.4 is 5.32 Å². The van der Waals surface area contributed by atoms with E-state index < -0.39 is 0 Å². The van der Waals surface area contributed by atoms with Crippen molar-refractivity contribution < 1.29 is 4.79 Å². The summed E-state index contributed by atoms with van der Waals surface area (Å²) in [7, 11) is 0. The Bertz CT molecular complexity index is 371. The van der Waals surface area contributed by atoms with E-state index in [1.807, 2.05) is 26.0 Å². The highest BCUT2D eigenvalue weighted by Crippen LogP contribution is 2.23. The third-order valence-corrected chi connectivity index (χ3v) is 2.97. The molecule has 0 radical (unpaired) electrons. The minimum absolute atomic E-state index is 0.0201. The van der Waals surface area contributed by atoms with Gasteiger partial charge in [-0.3, -0.25) is 4.79 Å². The summed E-state index contributed by atoms with van der Waals surface area (Å²) >= 11 is 0. The molecule has 0 aliphatic rings. The molecule has 1 aromatic carbocycles. The van der Waals surface area contributed by atoms with Crippen molar-refractivity contribution in [3.05, 3.63) is 29.8 Å². The third-order valence-electron chi connectivity index (χ3n) is 2.97. The maximum Gasteiger partial charge on any atom is 0.226 e. The second kappa shape index (κ2) is 6.43. The van der Waals surface area contributed by atoms with Gasteiger partial charge < -0.3 is 5.32 Å².